The Kier molecular flexibility index (Phi) is 43.3. The first-order chi connectivity index (χ1) is 53.8. The zero-order valence-corrected chi connectivity index (χ0v) is 67.3. The lowest BCUT2D eigenvalue weighted by atomic mass is 9.95. The number of thioether (sulfide) groups is 3. The second-order valence-corrected chi connectivity index (χ2v) is 37.6. The number of carbonyl (C=O) groups is 3. The number of aliphatic hydroxyl groups is 18. The van der Waals surface area contributed by atoms with Crippen LogP contribution in [-0.4, -0.2) is 396 Å². The molecule has 36 nitrogen and oxygen atoms in total. The molecule has 0 aliphatic carbocycles. The van der Waals surface area contributed by atoms with Gasteiger partial charge in [-0.2, -0.15) is 35.3 Å². The van der Waals surface area contributed by atoms with E-state index in [2.05, 4.69) is 40.2 Å². The molecule has 7 rings (SSSR count). The van der Waals surface area contributed by atoms with Crippen molar-refractivity contribution in [3.63, 3.8) is 0 Å². The number of ether oxygens (including phenoxy) is 12. The monoisotopic (exact) mass is 1680 g/mol. The van der Waals surface area contributed by atoms with Crippen LogP contribution >= 0.6 is 35.3 Å². The van der Waals surface area contributed by atoms with Gasteiger partial charge in [0.15, 0.2) is 37.7 Å². The number of aliphatic hydroxyl groups excluding tert-OH is 18. The van der Waals surface area contributed by atoms with Crippen molar-refractivity contribution in [2.24, 2.45) is 0 Å². The molecule has 0 saturated carbocycles. The highest BCUT2D eigenvalue weighted by molar-refractivity contribution is 7.99. The van der Waals surface area contributed by atoms with E-state index in [4.69, 9.17) is 56.8 Å². The van der Waals surface area contributed by atoms with Crippen LogP contribution in [0.5, 0.6) is 0 Å². The van der Waals surface area contributed by atoms with E-state index in [0.717, 1.165) is 110 Å². The summed E-state index contributed by atoms with van der Waals surface area (Å²) < 4.78 is 70.1. The van der Waals surface area contributed by atoms with Crippen LogP contribution in [0.25, 0.3) is 0 Å². The van der Waals surface area contributed by atoms with Crippen molar-refractivity contribution in [1.29, 1.82) is 0 Å². The Hall–Kier alpha value is -2.30. The molecule has 0 unspecified atom stereocenters. The lowest BCUT2D eigenvalue weighted by molar-refractivity contribution is -0.348. The molecule has 6 saturated heterocycles. The first kappa shape index (κ1) is 96.8. The van der Waals surface area contributed by atoms with Gasteiger partial charge in [0.1, 0.15) is 146 Å². The largest absolute Gasteiger partial charge is 0.394 e. The predicted molar refractivity (Wildman–Crippen MR) is 405 cm³/mol. The highest BCUT2D eigenvalue weighted by atomic mass is 32.2. The van der Waals surface area contributed by atoms with Crippen LogP contribution in [0.4, 0.5) is 0 Å². The van der Waals surface area contributed by atoms with E-state index >= 15 is 0 Å². The van der Waals surface area contributed by atoms with Gasteiger partial charge in [-0.05, 0) is 92.3 Å². The van der Waals surface area contributed by atoms with Crippen LogP contribution in [0.1, 0.15) is 97.8 Å². The zero-order chi connectivity index (χ0) is 81.6. The van der Waals surface area contributed by atoms with E-state index < -0.39 is 249 Å². The summed E-state index contributed by atoms with van der Waals surface area (Å²) >= 11 is 5.69. The van der Waals surface area contributed by atoms with Gasteiger partial charge in [0.25, 0.3) is 0 Å². The predicted octanol–water partition coefficient (Wildman–Crippen LogP) is -5.42. The van der Waals surface area contributed by atoms with Crippen LogP contribution < -0.4 is 21.1 Å². The fraction of sp³-hybridized carbons (Fsp3) is 0.875. The van der Waals surface area contributed by atoms with Gasteiger partial charge < -0.3 is 165 Å². The minimum Gasteiger partial charge on any atom is -0.394 e. The number of nitrogens with one attached hydrogen (secondary N) is 3. The van der Waals surface area contributed by atoms with E-state index in [1.54, 1.807) is 0 Å². The molecule has 0 bridgehead atoms. The van der Waals surface area contributed by atoms with Gasteiger partial charge in [0.05, 0.1) is 47.7 Å². The minimum absolute atomic E-state index is 0.195. The van der Waals surface area contributed by atoms with Crippen molar-refractivity contribution in [3.8, 4) is 0 Å². The van der Waals surface area contributed by atoms with Crippen molar-refractivity contribution in [1.82, 2.24) is 16.0 Å². The summed E-state index contributed by atoms with van der Waals surface area (Å²) in [7, 11) is -2.12. The first-order valence-corrected chi connectivity index (χ1v) is 45.0. The van der Waals surface area contributed by atoms with Crippen molar-refractivity contribution < 1.29 is 163 Å². The molecule has 1 aromatic rings. The number of rotatable bonds is 49. The quantitative estimate of drug-likeness (QED) is 0.0214. The summed E-state index contributed by atoms with van der Waals surface area (Å²) in [6, 6.07) is 10.6. The zero-order valence-electron chi connectivity index (χ0n) is 63.8. The van der Waals surface area contributed by atoms with Gasteiger partial charge in [-0.15, -0.1) is 0 Å². The highest BCUT2D eigenvalue weighted by Crippen LogP contribution is 2.36. The number of hydrogen-bond donors (Lipinski definition) is 21. The third-order valence-electron chi connectivity index (χ3n) is 21.0. The standard InChI is InChI=1S/C72H125N3O33S3Si/c1-39(82)73-49-55(88)64(106-70-61(94)58(91)52(85)43(33-76)100-70)46(36-79)103-67(49)97-21-10-5-13-24-109-27-16-30-112(42-19-8-4-9-20-42,31-17-28-110-25-14-6-11-22-98-68-50(74-40(2)83)56(89)65(47(37-80)104-68)107-71-62(95)59(92)53(86)44(34-77)101-71)32-18-29-111-26-15-7-12-23-99-69-51(75-41(3)84)57(90)66(48(38-81)105-69)108-72-63(96)60(93)54(87)45(35-78)102-72/h4,8-9,19-20,43-72,76-81,85-96H,5-7,10-18,21-38H2,1-3H3,(H,73,82)(H,74,83)(H,75,84)/t43-,44-,45-,46-,47-,48-,49-,50-,51-,52+,53+,54+,55-,56-,57-,58+,59+,60+,61-,62-,63-,64-,65-,66-,67-,68-,69-,70+,71+,72+/m1/s1. The number of unbranched alkanes of at least 4 members (excludes halogenated alkanes) is 6. The molecule has 0 aromatic heterocycles. The van der Waals surface area contributed by atoms with Crippen LogP contribution in [0, 0.1) is 0 Å². The van der Waals surface area contributed by atoms with Gasteiger partial charge in [0, 0.05) is 40.6 Å². The number of amides is 3. The van der Waals surface area contributed by atoms with E-state index in [1.807, 2.05) is 41.4 Å². The van der Waals surface area contributed by atoms with Crippen LogP contribution in [0.3, 0.4) is 0 Å². The van der Waals surface area contributed by atoms with Crippen LogP contribution in [0.15, 0.2) is 30.3 Å². The molecular weight excluding hydrogens is 1560 g/mol. The molecule has 1 aromatic carbocycles. The van der Waals surface area contributed by atoms with Gasteiger partial charge in [-0.25, -0.2) is 0 Å². The topological polar surface area (TPSA) is 562 Å². The lowest BCUT2D eigenvalue weighted by Crippen LogP contribution is -2.67. The van der Waals surface area contributed by atoms with Crippen molar-refractivity contribution >= 4 is 66.3 Å². The van der Waals surface area contributed by atoms with Gasteiger partial charge in [-0.3, -0.25) is 14.4 Å². The lowest BCUT2D eigenvalue weighted by Gasteiger charge is -2.47. The summed E-state index contributed by atoms with van der Waals surface area (Å²) in [6.07, 6.45) is -30.7. The first-order valence-electron chi connectivity index (χ1n) is 38.9. The molecule has 3 amide bonds. The van der Waals surface area contributed by atoms with E-state index in [-0.39, 0.29) is 19.8 Å². The molecule has 6 fully saturated rings. The third-order valence-corrected chi connectivity index (χ3v) is 29.9. The molecule has 6 heterocycles. The molecule has 112 heavy (non-hydrogen) atoms. The Labute approximate surface area is 666 Å². The summed E-state index contributed by atoms with van der Waals surface area (Å²) in [5.74, 6) is 4.04. The number of carbonyl (C=O) groups excluding carboxylic acids is 3. The minimum atomic E-state index is -2.12. The molecule has 648 valence electrons. The molecule has 0 radical (unpaired) electrons. The maximum absolute atomic E-state index is 12.4. The van der Waals surface area contributed by atoms with Gasteiger partial charge in [0.2, 0.25) is 17.7 Å². The second kappa shape index (κ2) is 50.1. The molecule has 30 atom stereocenters. The summed E-state index contributed by atoms with van der Waals surface area (Å²) in [5, 5.41) is 197. The van der Waals surface area contributed by atoms with E-state index in [0.29, 0.717) is 19.3 Å². The van der Waals surface area contributed by atoms with Crippen molar-refractivity contribution in [2.45, 2.75) is 300 Å². The second-order valence-electron chi connectivity index (χ2n) is 29.3. The van der Waals surface area contributed by atoms with Gasteiger partial charge in [-0.1, -0.05) is 72.9 Å². The fourth-order valence-electron chi connectivity index (χ4n) is 14.8. The average Bonchev–Trinajstić information content (AvgIpc) is 0.788. The van der Waals surface area contributed by atoms with Gasteiger partial charge >= 0.3 is 0 Å². The van der Waals surface area contributed by atoms with Crippen LogP contribution in [0.2, 0.25) is 18.1 Å². The smallest absolute Gasteiger partial charge is 0.217 e. The molecule has 6 aliphatic rings. The molecular formula is C72H125N3O33S3Si. The number of benzene rings is 1. The Balaban J connectivity index is 0.878. The van der Waals surface area contributed by atoms with E-state index in [1.165, 1.54) is 26.0 Å². The maximum atomic E-state index is 12.4. The Bertz CT molecular complexity index is 2550. The van der Waals surface area contributed by atoms with Crippen LogP contribution in [-0.2, 0) is 71.2 Å². The molecule has 0 spiro atoms. The summed E-state index contributed by atoms with van der Waals surface area (Å²) in [6.45, 7) is 0.147. The number of hydrogen-bond acceptors (Lipinski definition) is 36. The normalized spacial score (nSPS) is 36.7. The summed E-state index contributed by atoms with van der Waals surface area (Å²) in [4.78, 5) is 37.1. The maximum Gasteiger partial charge on any atom is 0.217 e. The van der Waals surface area contributed by atoms with Crippen molar-refractivity contribution in [3.05, 3.63) is 30.3 Å². The molecule has 6 aliphatic heterocycles. The third kappa shape index (κ3) is 27.9. The highest BCUT2D eigenvalue weighted by Gasteiger charge is 2.55. The summed E-state index contributed by atoms with van der Waals surface area (Å²) in [5.41, 5.74) is 0. The Morgan fingerprint density at radius 3 is 0.848 bits per heavy atom. The molecule has 21 N–H and O–H groups in total. The Morgan fingerprint density at radius 1 is 0.330 bits per heavy atom. The SMILES string of the molecule is CC(=O)N[C@H]1[C@H](OCCCCCSCCC[Si](CCCSCCCCCO[C@@H]2O[C@H](CO)[C@@H](O[C@@H]3O[C@H](CO)[C@H](O)[C@H](O)[C@H]3O)[C@H](O)[C@H]2NC(C)=O)(CCCSCCCCCO[C@@H]2O[C@H](CO)[C@@H](O[C@@H]3O[C@H](CO)[C@H](O)[C@H](O)[C@H]3O)[C@H](O)[C@H]2NC(C)=O)c2ccccc2)O[C@H](CO)[C@@H](O[C@@H]2O[C@H](CO)[C@H](O)[C@H](O)[C@H]2O)[C@@H]1O. The van der Waals surface area contributed by atoms with E-state index in [9.17, 15) is 106 Å². The Morgan fingerprint density at radius 2 is 0.589 bits per heavy atom. The average molecular weight is 1690 g/mol. The molecule has 40 heteroatoms. The fourth-order valence-corrected chi connectivity index (χ4v) is 23.5. The van der Waals surface area contributed by atoms with Crippen molar-refractivity contribution in [2.75, 3.05) is 94.0 Å².